The molecular formula is C15H20O. The molecule has 16 heavy (non-hydrogen) atoms. The summed E-state index contributed by atoms with van der Waals surface area (Å²) in [6, 6.07) is 8.31. The molecule has 0 saturated heterocycles. The average Bonchev–Trinajstić information content (AvgIpc) is 2.31. The minimum Gasteiger partial charge on any atom is -0.294 e. The summed E-state index contributed by atoms with van der Waals surface area (Å²) in [6.07, 6.45) is 4.31. The quantitative estimate of drug-likeness (QED) is 0.686. The topological polar surface area (TPSA) is 17.1 Å². The van der Waals surface area contributed by atoms with Gasteiger partial charge in [-0.2, -0.15) is 0 Å². The van der Waals surface area contributed by atoms with Crippen molar-refractivity contribution in [2.24, 2.45) is 0 Å². The number of aryl methyl sites for hydroxylation is 1. The second-order valence-corrected chi connectivity index (χ2v) is 3.94. The van der Waals surface area contributed by atoms with Crippen LogP contribution in [0.1, 0.15) is 38.3 Å². The third kappa shape index (κ3) is 3.34. The molecule has 1 nitrogen and oxygen atoms in total. The van der Waals surface area contributed by atoms with E-state index in [2.05, 4.69) is 31.2 Å². The largest absolute Gasteiger partial charge is 0.294 e. The average molecular weight is 216 g/mol. The van der Waals surface area contributed by atoms with Crippen molar-refractivity contribution in [3.8, 4) is 0 Å². The number of hydrogen-bond acceptors (Lipinski definition) is 1. The number of carbonyl (C=O) groups excluding carboxylic acids is 1. The molecule has 0 unspecified atom stereocenters. The Bertz CT molecular complexity index is 371. The van der Waals surface area contributed by atoms with Crippen LogP contribution < -0.4 is 0 Å². The van der Waals surface area contributed by atoms with Crippen LogP contribution in [0, 0.1) is 0 Å². The molecule has 1 rings (SSSR count). The maximum atomic E-state index is 11.9. The maximum absolute atomic E-state index is 11.9. The first-order valence-electron chi connectivity index (χ1n) is 5.97. The van der Waals surface area contributed by atoms with E-state index in [1.807, 2.05) is 19.9 Å². The van der Waals surface area contributed by atoms with Gasteiger partial charge in [0.2, 0.25) is 0 Å². The fourth-order valence-electron chi connectivity index (χ4n) is 1.75. The monoisotopic (exact) mass is 216 g/mol. The lowest BCUT2D eigenvalue weighted by Crippen LogP contribution is -2.05. The molecule has 1 heteroatoms. The third-order valence-electron chi connectivity index (χ3n) is 2.88. The summed E-state index contributed by atoms with van der Waals surface area (Å²) in [5.74, 6) is 0.245. The molecule has 0 aliphatic carbocycles. The highest BCUT2D eigenvalue weighted by Crippen LogP contribution is 2.10. The summed E-state index contributed by atoms with van der Waals surface area (Å²) in [5.41, 5.74) is 3.35. The Morgan fingerprint density at radius 1 is 1.12 bits per heavy atom. The molecule has 0 N–H and O–H groups in total. The number of allylic oxidation sites excluding steroid dienone is 2. The molecule has 1 aromatic carbocycles. The number of rotatable bonds is 5. The zero-order valence-corrected chi connectivity index (χ0v) is 10.4. The molecule has 0 aromatic heterocycles. The Morgan fingerprint density at radius 3 is 2.12 bits per heavy atom. The van der Waals surface area contributed by atoms with Crippen molar-refractivity contribution in [2.45, 2.75) is 40.0 Å². The summed E-state index contributed by atoms with van der Waals surface area (Å²) in [6.45, 7) is 6.08. The van der Waals surface area contributed by atoms with Crippen LogP contribution in [-0.4, -0.2) is 5.78 Å². The van der Waals surface area contributed by atoms with Crippen LogP contribution in [0.25, 0.3) is 0 Å². The molecule has 0 bridgehead atoms. The fraction of sp³-hybridized carbons (Fsp3) is 0.400. The smallest absolute Gasteiger partial charge is 0.162 e. The van der Waals surface area contributed by atoms with Crippen molar-refractivity contribution in [1.29, 1.82) is 0 Å². The zero-order valence-electron chi connectivity index (χ0n) is 10.4. The molecule has 0 fully saturated rings. The van der Waals surface area contributed by atoms with E-state index in [0.29, 0.717) is 6.42 Å². The van der Waals surface area contributed by atoms with Crippen LogP contribution in [0.5, 0.6) is 0 Å². The van der Waals surface area contributed by atoms with Gasteiger partial charge >= 0.3 is 0 Å². The number of ketones is 1. The first kappa shape index (κ1) is 12.7. The molecule has 86 valence electrons. The van der Waals surface area contributed by atoms with E-state index in [0.717, 1.165) is 24.0 Å². The molecule has 0 spiro atoms. The Balaban J connectivity index is 2.69. The molecule has 0 atom stereocenters. The lowest BCUT2D eigenvalue weighted by Gasteiger charge is -2.04. The molecule has 0 heterocycles. The van der Waals surface area contributed by atoms with E-state index < -0.39 is 0 Å². The summed E-state index contributed by atoms with van der Waals surface area (Å²) >= 11 is 0. The number of hydrogen-bond donors (Lipinski definition) is 0. The molecule has 0 aliphatic heterocycles. The van der Waals surface area contributed by atoms with Crippen molar-refractivity contribution in [1.82, 2.24) is 0 Å². The predicted molar refractivity (Wildman–Crippen MR) is 68.6 cm³/mol. The molecule has 1 aromatic rings. The van der Waals surface area contributed by atoms with Crippen LogP contribution >= 0.6 is 0 Å². The highest BCUT2D eigenvalue weighted by molar-refractivity contribution is 5.96. The summed E-state index contributed by atoms with van der Waals surface area (Å²) in [4.78, 5) is 11.9. The highest BCUT2D eigenvalue weighted by Gasteiger charge is 2.07. The second kappa shape index (κ2) is 6.26. The number of benzene rings is 1. The van der Waals surface area contributed by atoms with E-state index in [9.17, 15) is 4.79 Å². The number of Topliss-reactive ketones (excluding diaryl/α,β-unsaturated/α-hetero) is 1. The van der Waals surface area contributed by atoms with E-state index in [-0.39, 0.29) is 5.78 Å². The van der Waals surface area contributed by atoms with Crippen LogP contribution in [0.4, 0.5) is 0 Å². The van der Waals surface area contributed by atoms with Crippen molar-refractivity contribution in [3.05, 3.63) is 47.0 Å². The van der Waals surface area contributed by atoms with Crippen molar-refractivity contribution in [3.63, 3.8) is 0 Å². The Labute approximate surface area is 98.2 Å². The molecular weight excluding hydrogens is 196 g/mol. The summed E-state index contributed by atoms with van der Waals surface area (Å²) in [7, 11) is 0. The Hall–Kier alpha value is -1.37. The molecule has 0 saturated carbocycles. The standard InChI is InChI=1S/C15H20O/c1-4-12-7-9-13(10-8-12)11-15(16)14(5-2)6-3/h5,7-10H,4,6,11H2,1-3H3/b14-5-. The SMILES string of the molecule is C/C=C(/CC)C(=O)Cc1ccc(CC)cc1. The first-order chi connectivity index (χ1) is 7.71. The molecule has 0 amide bonds. The fourth-order valence-corrected chi connectivity index (χ4v) is 1.75. The number of carbonyl (C=O) groups is 1. The van der Waals surface area contributed by atoms with E-state index >= 15 is 0 Å². The van der Waals surface area contributed by atoms with Crippen molar-refractivity contribution in [2.75, 3.05) is 0 Å². The van der Waals surface area contributed by atoms with Crippen LogP contribution in [0.15, 0.2) is 35.9 Å². The highest BCUT2D eigenvalue weighted by atomic mass is 16.1. The summed E-state index contributed by atoms with van der Waals surface area (Å²) in [5, 5.41) is 0. The van der Waals surface area contributed by atoms with Crippen LogP contribution in [0.3, 0.4) is 0 Å². The van der Waals surface area contributed by atoms with Gasteiger partial charge in [-0.3, -0.25) is 4.79 Å². The van der Waals surface area contributed by atoms with Gasteiger partial charge in [0.1, 0.15) is 0 Å². The van der Waals surface area contributed by atoms with Gasteiger partial charge in [0.15, 0.2) is 5.78 Å². The Morgan fingerprint density at radius 2 is 1.69 bits per heavy atom. The van der Waals surface area contributed by atoms with Crippen molar-refractivity contribution < 1.29 is 4.79 Å². The van der Waals surface area contributed by atoms with Gasteiger partial charge in [0, 0.05) is 6.42 Å². The molecule has 0 radical (unpaired) electrons. The minimum absolute atomic E-state index is 0.245. The van der Waals surface area contributed by atoms with E-state index in [1.165, 1.54) is 5.56 Å². The van der Waals surface area contributed by atoms with E-state index in [4.69, 9.17) is 0 Å². The minimum atomic E-state index is 0.245. The van der Waals surface area contributed by atoms with Gasteiger partial charge in [-0.05, 0) is 36.5 Å². The summed E-state index contributed by atoms with van der Waals surface area (Å²) < 4.78 is 0. The maximum Gasteiger partial charge on any atom is 0.162 e. The van der Waals surface area contributed by atoms with Crippen LogP contribution in [0.2, 0.25) is 0 Å². The van der Waals surface area contributed by atoms with Crippen molar-refractivity contribution >= 4 is 5.78 Å². The van der Waals surface area contributed by atoms with E-state index in [1.54, 1.807) is 0 Å². The second-order valence-electron chi connectivity index (χ2n) is 3.94. The van der Waals surface area contributed by atoms with Gasteiger partial charge in [-0.15, -0.1) is 0 Å². The lowest BCUT2D eigenvalue weighted by molar-refractivity contribution is -0.115. The van der Waals surface area contributed by atoms with Crippen LogP contribution in [-0.2, 0) is 17.6 Å². The lowest BCUT2D eigenvalue weighted by atomic mass is 10.00. The van der Waals surface area contributed by atoms with Gasteiger partial charge in [-0.25, -0.2) is 0 Å². The van der Waals surface area contributed by atoms with Gasteiger partial charge in [0.05, 0.1) is 0 Å². The normalized spacial score (nSPS) is 11.6. The van der Waals surface area contributed by atoms with Gasteiger partial charge in [-0.1, -0.05) is 44.2 Å². The Kier molecular flexibility index (Phi) is 4.97. The van der Waals surface area contributed by atoms with Gasteiger partial charge in [0.25, 0.3) is 0 Å². The third-order valence-corrected chi connectivity index (χ3v) is 2.88. The first-order valence-corrected chi connectivity index (χ1v) is 5.97. The zero-order chi connectivity index (χ0) is 12.0. The van der Waals surface area contributed by atoms with Gasteiger partial charge < -0.3 is 0 Å². The molecule has 0 aliphatic rings. The predicted octanol–water partition coefficient (Wildman–Crippen LogP) is 3.72.